The van der Waals surface area contributed by atoms with Crippen LogP contribution in [-0.2, 0) is 0 Å². The zero-order valence-electron chi connectivity index (χ0n) is 17.7. The van der Waals surface area contributed by atoms with Crippen molar-refractivity contribution >= 4 is 44.7 Å². The van der Waals surface area contributed by atoms with Gasteiger partial charge in [-0.2, -0.15) is 4.63 Å². The standard InChI is InChI=1S/C24H16N4O4S2/c1-3-15-17(9-13(1)23-21-19(11-33-23)29-5-7-31-21)27-26-16-4-2-14(10-18(16)28(27)25-15)24-22-20(12-34-24)30-6-8-32-22/h1-4,9-12H,5-8H2. The summed E-state index contributed by atoms with van der Waals surface area (Å²) in [6, 6.07) is 12.4. The van der Waals surface area contributed by atoms with E-state index in [0.717, 1.165) is 65.9 Å². The van der Waals surface area contributed by atoms with Crippen molar-refractivity contribution in [3.05, 3.63) is 47.2 Å². The monoisotopic (exact) mass is 488 g/mol. The minimum Gasteiger partial charge on any atom is -0.485 e. The summed E-state index contributed by atoms with van der Waals surface area (Å²) < 4.78 is 26.9. The molecule has 10 heteroatoms. The summed E-state index contributed by atoms with van der Waals surface area (Å²) >= 11 is 3.25. The molecule has 168 valence electrons. The molecule has 0 bridgehead atoms. The zero-order valence-corrected chi connectivity index (χ0v) is 19.3. The van der Waals surface area contributed by atoms with Crippen molar-refractivity contribution in [2.45, 2.75) is 0 Å². The minimum absolute atomic E-state index is 0.564. The van der Waals surface area contributed by atoms with Crippen LogP contribution in [0.5, 0.6) is 23.0 Å². The van der Waals surface area contributed by atoms with Gasteiger partial charge in [0.25, 0.3) is 0 Å². The highest BCUT2D eigenvalue weighted by molar-refractivity contribution is 7.14. The molecule has 0 radical (unpaired) electrons. The van der Waals surface area contributed by atoms with Crippen molar-refractivity contribution in [2.24, 2.45) is 0 Å². The molecule has 8 rings (SSSR count). The van der Waals surface area contributed by atoms with Crippen LogP contribution < -0.4 is 28.7 Å². The summed E-state index contributed by atoms with van der Waals surface area (Å²) in [6.07, 6.45) is 0. The van der Waals surface area contributed by atoms with Crippen LogP contribution in [0.25, 0.3) is 42.9 Å². The Labute approximate surface area is 200 Å². The summed E-state index contributed by atoms with van der Waals surface area (Å²) in [6.45, 7) is 2.30. The molecule has 2 aromatic carbocycles. The van der Waals surface area contributed by atoms with Crippen molar-refractivity contribution in [3.63, 3.8) is 0 Å². The van der Waals surface area contributed by atoms with E-state index in [0.29, 0.717) is 26.4 Å². The maximum Gasteiger partial charge on any atom is 0.226 e. The molecule has 2 aliphatic heterocycles. The van der Waals surface area contributed by atoms with E-state index in [1.807, 2.05) is 32.2 Å². The fourth-order valence-electron chi connectivity index (χ4n) is 4.54. The second-order valence-corrected chi connectivity index (χ2v) is 9.86. The van der Waals surface area contributed by atoms with Crippen molar-refractivity contribution in [3.8, 4) is 43.9 Å². The molecular formula is C24H16N4O4S2. The average molecular weight is 489 g/mol. The lowest BCUT2D eigenvalue weighted by molar-refractivity contribution is -0.654. The molecular weight excluding hydrogens is 472 g/mol. The lowest BCUT2D eigenvalue weighted by Crippen LogP contribution is -2.30. The number of rotatable bonds is 2. The summed E-state index contributed by atoms with van der Waals surface area (Å²) in [5, 5.41) is 13.7. The van der Waals surface area contributed by atoms with Gasteiger partial charge >= 0.3 is 0 Å². The molecule has 0 unspecified atom stereocenters. The number of hydrogen-bond acceptors (Lipinski definition) is 7. The van der Waals surface area contributed by atoms with E-state index in [4.69, 9.17) is 29.1 Å². The topological polar surface area (TPSA) is 72.4 Å². The number of aromatic nitrogens is 4. The van der Waals surface area contributed by atoms with Crippen LogP contribution in [0.15, 0.2) is 47.2 Å². The third-order valence-corrected chi connectivity index (χ3v) is 8.07. The second kappa shape index (κ2) is 6.87. The fraction of sp³-hybridized carbons (Fsp3) is 0.167. The average Bonchev–Trinajstić information content (AvgIpc) is 3.64. The third kappa shape index (κ3) is 2.57. The molecule has 0 spiro atoms. The minimum atomic E-state index is 0.564. The van der Waals surface area contributed by atoms with Crippen molar-refractivity contribution < 1.29 is 23.6 Å². The molecule has 4 aromatic heterocycles. The summed E-state index contributed by atoms with van der Waals surface area (Å²) in [5.74, 6) is 3.27. The highest BCUT2D eigenvalue weighted by atomic mass is 32.1. The lowest BCUT2D eigenvalue weighted by atomic mass is 10.1. The zero-order chi connectivity index (χ0) is 22.2. The Balaban J connectivity index is 1.29. The Morgan fingerprint density at radius 3 is 2.18 bits per heavy atom. The van der Waals surface area contributed by atoms with Gasteiger partial charge in [0, 0.05) is 27.4 Å². The molecule has 0 N–H and O–H groups in total. The Morgan fingerprint density at radius 1 is 0.794 bits per heavy atom. The van der Waals surface area contributed by atoms with Gasteiger partial charge in [0.2, 0.25) is 5.52 Å². The number of thiophene rings is 2. The van der Waals surface area contributed by atoms with E-state index >= 15 is 0 Å². The smallest absolute Gasteiger partial charge is 0.226 e. The SMILES string of the molecule is c1cc2[n-][n+]3c4cc(-c5scc6c5OCCO6)ccc4nn3c2cc1-c1scc2c1OCCO2. The van der Waals surface area contributed by atoms with Crippen LogP contribution in [0.2, 0.25) is 0 Å². The maximum atomic E-state index is 5.89. The fourth-order valence-corrected chi connectivity index (χ4v) is 6.40. The molecule has 0 aliphatic carbocycles. The summed E-state index contributed by atoms with van der Waals surface area (Å²) in [7, 11) is 0. The number of hydrogen-bond donors (Lipinski definition) is 0. The first-order valence-corrected chi connectivity index (χ1v) is 12.7. The molecule has 0 saturated heterocycles. The van der Waals surface area contributed by atoms with Gasteiger partial charge in [0.05, 0.1) is 9.75 Å². The lowest BCUT2D eigenvalue weighted by Gasteiger charge is -2.16. The molecule has 0 amide bonds. The van der Waals surface area contributed by atoms with Crippen LogP contribution in [0.3, 0.4) is 0 Å². The highest BCUT2D eigenvalue weighted by Crippen LogP contribution is 2.47. The van der Waals surface area contributed by atoms with Crippen molar-refractivity contribution in [2.75, 3.05) is 26.4 Å². The first kappa shape index (κ1) is 18.6. The molecule has 6 aromatic rings. The highest BCUT2D eigenvalue weighted by Gasteiger charge is 2.23. The van der Waals surface area contributed by atoms with Gasteiger partial charge in [-0.25, -0.2) is 0 Å². The Hall–Kier alpha value is -3.76. The first-order valence-electron chi connectivity index (χ1n) is 10.9. The van der Waals surface area contributed by atoms with E-state index in [1.165, 1.54) is 0 Å². The largest absolute Gasteiger partial charge is 0.485 e. The molecule has 0 atom stereocenters. The summed E-state index contributed by atoms with van der Waals surface area (Å²) in [4.78, 5) is 2.11. The number of ether oxygens (including phenoxy) is 4. The van der Waals surface area contributed by atoms with Gasteiger partial charge in [-0.15, -0.1) is 27.3 Å². The molecule has 0 saturated carbocycles. The van der Waals surface area contributed by atoms with Crippen LogP contribution in [-0.4, -0.2) is 36.2 Å². The molecule has 0 fully saturated rings. The Bertz CT molecular complexity index is 1620. The van der Waals surface area contributed by atoms with Gasteiger partial charge in [0.15, 0.2) is 28.5 Å². The molecule has 2 aliphatic rings. The Kier molecular flexibility index (Phi) is 3.77. The maximum absolute atomic E-state index is 5.89. The van der Waals surface area contributed by atoms with E-state index in [-0.39, 0.29) is 0 Å². The third-order valence-electron chi connectivity index (χ3n) is 6.09. The predicted octanol–water partition coefficient (Wildman–Crippen LogP) is 4.18. The number of benzene rings is 2. The normalized spacial score (nSPS) is 14.9. The van der Waals surface area contributed by atoms with Crippen LogP contribution in [0.1, 0.15) is 0 Å². The number of nitrogens with zero attached hydrogens (tertiary/aromatic N) is 4. The molecule has 6 heterocycles. The van der Waals surface area contributed by atoms with Crippen molar-refractivity contribution in [1.82, 2.24) is 14.8 Å². The van der Waals surface area contributed by atoms with Crippen LogP contribution in [0, 0.1) is 0 Å². The van der Waals surface area contributed by atoms with E-state index in [2.05, 4.69) is 24.3 Å². The van der Waals surface area contributed by atoms with Gasteiger partial charge < -0.3 is 18.9 Å². The van der Waals surface area contributed by atoms with Gasteiger partial charge in [-0.1, -0.05) is 12.1 Å². The van der Waals surface area contributed by atoms with Crippen LogP contribution >= 0.6 is 22.7 Å². The van der Waals surface area contributed by atoms with Crippen LogP contribution in [0.4, 0.5) is 0 Å². The molecule has 8 nitrogen and oxygen atoms in total. The second-order valence-electron chi connectivity index (χ2n) is 8.10. The van der Waals surface area contributed by atoms with E-state index in [9.17, 15) is 0 Å². The van der Waals surface area contributed by atoms with Crippen molar-refractivity contribution in [1.29, 1.82) is 0 Å². The summed E-state index contributed by atoms with van der Waals surface area (Å²) in [5.41, 5.74) is 5.72. The van der Waals surface area contributed by atoms with E-state index < -0.39 is 0 Å². The first-order chi connectivity index (χ1) is 16.8. The number of fused-ring (bicyclic) bond motifs is 7. The van der Waals surface area contributed by atoms with Gasteiger partial charge in [-0.05, 0) is 34.9 Å². The van der Waals surface area contributed by atoms with E-state index in [1.54, 1.807) is 22.7 Å². The van der Waals surface area contributed by atoms with Gasteiger partial charge in [-0.3, -0.25) is 5.10 Å². The molecule has 34 heavy (non-hydrogen) atoms. The predicted molar refractivity (Wildman–Crippen MR) is 128 cm³/mol. The van der Waals surface area contributed by atoms with Gasteiger partial charge in [0.1, 0.15) is 26.4 Å². The Morgan fingerprint density at radius 2 is 1.44 bits per heavy atom. The quantitative estimate of drug-likeness (QED) is 0.341.